The van der Waals surface area contributed by atoms with Gasteiger partial charge < -0.3 is 9.84 Å². The Bertz CT molecular complexity index is 514. The van der Waals surface area contributed by atoms with Gasteiger partial charge in [0.05, 0.1) is 0 Å². The first kappa shape index (κ1) is 34.7. The molecule has 0 aromatic heterocycles. The monoisotopic (exact) mass is 508 g/mol. The molecule has 1 atom stereocenters. The van der Waals surface area contributed by atoms with Crippen LogP contribution in [0.3, 0.4) is 0 Å². The molecule has 4 nitrogen and oxygen atoms in total. The van der Waals surface area contributed by atoms with Crippen LogP contribution in [0.5, 0.6) is 0 Å². The summed E-state index contributed by atoms with van der Waals surface area (Å²) in [5.41, 5.74) is 0. The summed E-state index contributed by atoms with van der Waals surface area (Å²) < 4.78 is 5.78. The van der Waals surface area contributed by atoms with Crippen molar-refractivity contribution >= 4 is 11.9 Å². The maximum atomic E-state index is 12.4. The number of unbranched alkanes of at least 4 members (excludes halogenated alkanes) is 17. The Hall–Kier alpha value is -1.32. The van der Waals surface area contributed by atoms with E-state index < -0.39 is 5.97 Å². The molecule has 36 heavy (non-hydrogen) atoms. The van der Waals surface area contributed by atoms with Crippen LogP contribution in [-0.2, 0) is 14.3 Å². The van der Waals surface area contributed by atoms with Crippen LogP contribution in [0.1, 0.15) is 174 Å². The van der Waals surface area contributed by atoms with Gasteiger partial charge in [0.2, 0.25) is 0 Å². The molecule has 0 fully saturated rings. The van der Waals surface area contributed by atoms with Crippen LogP contribution in [0.4, 0.5) is 0 Å². The zero-order valence-corrected chi connectivity index (χ0v) is 24.1. The number of ether oxygens (including phenoxy) is 1. The minimum Gasteiger partial charge on any atom is -0.481 e. The second-order valence-electron chi connectivity index (χ2n) is 10.6. The lowest BCUT2D eigenvalue weighted by molar-refractivity contribution is -0.150. The Morgan fingerprint density at radius 3 is 1.64 bits per heavy atom. The van der Waals surface area contributed by atoms with Crippen molar-refractivity contribution in [2.75, 3.05) is 0 Å². The van der Waals surface area contributed by atoms with Crippen LogP contribution in [0.2, 0.25) is 0 Å². The van der Waals surface area contributed by atoms with Gasteiger partial charge in [-0.05, 0) is 51.4 Å². The van der Waals surface area contributed by atoms with E-state index in [1.165, 1.54) is 109 Å². The van der Waals surface area contributed by atoms with Gasteiger partial charge in [-0.25, -0.2) is 0 Å². The highest BCUT2D eigenvalue weighted by atomic mass is 16.5. The largest absolute Gasteiger partial charge is 0.481 e. The molecule has 0 saturated heterocycles. The van der Waals surface area contributed by atoms with Gasteiger partial charge in [0.1, 0.15) is 6.10 Å². The number of carbonyl (C=O) groups excluding carboxylic acids is 1. The van der Waals surface area contributed by atoms with Gasteiger partial charge in [-0.3, -0.25) is 9.59 Å². The first-order valence-corrected chi connectivity index (χ1v) is 15.7. The minimum absolute atomic E-state index is 0.0976. The third-order valence-electron chi connectivity index (χ3n) is 6.99. The Labute approximate surface area is 224 Å². The number of aliphatic carboxylic acids is 1. The summed E-state index contributed by atoms with van der Waals surface area (Å²) in [5, 5.41) is 8.94. The lowest BCUT2D eigenvalue weighted by Gasteiger charge is -2.18. The fourth-order valence-corrected chi connectivity index (χ4v) is 4.64. The number of carboxylic acids is 1. The molecular formula is C32H60O4. The van der Waals surface area contributed by atoms with E-state index >= 15 is 0 Å². The molecule has 0 heterocycles. The highest BCUT2D eigenvalue weighted by molar-refractivity contribution is 5.69. The Kier molecular flexibility index (Phi) is 27.2. The fraction of sp³-hybridized carbons (Fsp3) is 0.875. The van der Waals surface area contributed by atoms with E-state index in [0.29, 0.717) is 19.3 Å². The van der Waals surface area contributed by atoms with Gasteiger partial charge in [0.25, 0.3) is 0 Å². The molecule has 0 aromatic rings. The zero-order valence-electron chi connectivity index (χ0n) is 24.1. The number of allylic oxidation sites excluding steroid dienone is 2. The van der Waals surface area contributed by atoms with E-state index in [9.17, 15) is 9.59 Å². The van der Waals surface area contributed by atoms with Crippen molar-refractivity contribution in [2.45, 2.75) is 180 Å². The van der Waals surface area contributed by atoms with Gasteiger partial charge in [0, 0.05) is 12.8 Å². The molecule has 4 heteroatoms. The molecule has 0 bridgehead atoms. The summed E-state index contributed by atoms with van der Waals surface area (Å²) >= 11 is 0. The van der Waals surface area contributed by atoms with E-state index in [2.05, 4.69) is 26.0 Å². The van der Waals surface area contributed by atoms with Gasteiger partial charge in [-0.15, -0.1) is 0 Å². The molecule has 0 amide bonds. The molecule has 0 aliphatic rings. The number of carbonyl (C=O) groups is 2. The third-order valence-corrected chi connectivity index (χ3v) is 6.99. The van der Waals surface area contributed by atoms with Crippen molar-refractivity contribution in [2.24, 2.45) is 0 Å². The maximum absolute atomic E-state index is 12.4. The number of hydrogen-bond donors (Lipinski definition) is 1. The number of esters is 1. The Morgan fingerprint density at radius 1 is 0.583 bits per heavy atom. The van der Waals surface area contributed by atoms with Crippen molar-refractivity contribution in [1.29, 1.82) is 0 Å². The molecule has 0 aromatic carbocycles. The minimum atomic E-state index is -0.772. The summed E-state index contributed by atoms with van der Waals surface area (Å²) in [6.07, 6.45) is 32.1. The highest BCUT2D eigenvalue weighted by Gasteiger charge is 2.15. The van der Waals surface area contributed by atoms with Crippen LogP contribution in [0, 0.1) is 0 Å². The lowest BCUT2D eigenvalue weighted by atomic mass is 10.0. The fourth-order valence-electron chi connectivity index (χ4n) is 4.64. The lowest BCUT2D eigenvalue weighted by Crippen LogP contribution is -2.18. The van der Waals surface area contributed by atoms with Crippen LogP contribution in [-0.4, -0.2) is 23.1 Å². The van der Waals surface area contributed by atoms with Gasteiger partial charge in [0.15, 0.2) is 0 Å². The van der Waals surface area contributed by atoms with Crippen LogP contribution >= 0.6 is 0 Å². The molecule has 1 N–H and O–H groups in total. The second-order valence-corrected chi connectivity index (χ2v) is 10.6. The zero-order chi connectivity index (χ0) is 26.5. The topological polar surface area (TPSA) is 63.6 Å². The smallest absolute Gasteiger partial charge is 0.306 e. The van der Waals surface area contributed by atoms with Crippen molar-refractivity contribution < 1.29 is 19.4 Å². The number of hydrogen-bond acceptors (Lipinski definition) is 3. The van der Waals surface area contributed by atoms with Gasteiger partial charge >= 0.3 is 11.9 Å². The van der Waals surface area contributed by atoms with E-state index in [1.807, 2.05) is 0 Å². The standard InChI is InChI=1S/C32H60O4/c1-3-5-7-9-11-13-15-16-18-20-22-24-29-32(35)36-30(27-25-28-31(33)34)26-23-21-19-17-14-12-10-8-6-4-2/h9,11,30H,3-8,10,12-29H2,1-2H3,(H,33,34)/b11-9-. The quantitative estimate of drug-likeness (QED) is 0.0648. The Balaban J connectivity index is 3.88. The van der Waals surface area contributed by atoms with Gasteiger partial charge in [-0.1, -0.05) is 122 Å². The summed E-state index contributed by atoms with van der Waals surface area (Å²) in [6.45, 7) is 4.48. The molecule has 0 saturated carbocycles. The van der Waals surface area contributed by atoms with Crippen LogP contribution in [0.15, 0.2) is 12.2 Å². The van der Waals surface area contributed by atoms with Crippen molar-refractivity contribution in [3.8, 4) is 0 Å². The molecule has 212 valence electrons. The van der Waals surface area contributed by atoms with Gasteiger partial charge in [-0.2, -0.15) is 0 Å². The van der Waals surface area contributed by atoms with E-state index in [4.69, 9.17) is 9.84 Å². The first-order valence-electron chi connectivity index (χ1n) is 15.7. The summed E-state index contributed by atoms with van der Waals surface area (Å²) in [4.78, 5) is 23.2. The van der Waals surface area contributed by atoms with Crippen LogP contribution in [0.25, 0.3) is 0 Å². The number of rotatable bonds is 28. The van der Waals surface area contributed by atoms with Crippen LogP contribution < -0.4 is 0 Å². The molecule has 0 spiro atoms. The molecule has 0 radical (unpaired) electrons. The van der Waals surface area contributed by atoms with E-state index in [1.54, 1.807) is 0 Å². The van der Waals surface area contributed by atoms with E-state index in [0.717, 1.165) is 25.7 Å². The predicted molar refractivity (Wildman–Crippen MR) is 153 cm³/mol. The summed E-state index contributed by atoms with van der Waals surface area (Å²) in [7, 11) is 0. The molecule has 1 unspecified atom stereocenters. The average molecular weight is 509 g/mol. The molecular weight excluding hydrogens is 448 g/mol. The highest BCUT2D eigenvalue weighted by Crippen LogP contribution is 2.18. The molecule has 0 rings (SSSR count). The number of carboxylic acid groups (broad SMARTS) is 1. The van der Waals surface area contributed by atoms with Crippen molar-refractivity contribution in [1.82, 2.24) is 0 Å². The second kappa shape index (κ2) is 28.3. The Morgan fingerprint density at radius 2 is 1.06 bits per heavy atom. The molecule has 0 aliphatic heterocycles. The predicted octanol–water partition coefficient (Wildman–Crippen LogP) is 10.3. The molecule has 0 aliphatic carbocycles. The third kappa shape index (κ3) is 27.3. The maximum Gasteiger partial charge on any atom is 0.306 e. The summed E-state index contributed by atoms with van der Waals surface area (Å²) in [5.74, 6) is -0.869. The van der Waals surface area contributed by atoms with Crippen molar-refractivity contribution in [3.63, 3.8) is 0 Å². The van der Waals surface area contributed by atoms with E-state index in [-0.39, 0.29) is 18.5 Å². The normalized spacial score (nSPS) is 12.3. The first-order chi connectivity index (χ1) is 17.6. The average Bonchev–Trinajstić information content (AvgIpc) is 2.85. The summed E-state index contributed by atoms with van der Waals surface area (Å²) in [6, 6.07) is 0. The van der Waals surface area contributed by atoms with Crippen molar-refractivity contribution in [3.05, 3.63) is 12.2 Å². The SMILES string of the molecule is CCCC/C=C\CCCCCCCCC(=O)OC(CCCCCCCCCCCC)CCCC(=O)O.